The van der Waals surface area contributed by atoms with Gasteiger partial charge in [-0.2, -0.15) is 0 Å². The lowest BCUT2D eigenvalue weighted by atomic mass is 10.1. The summed E-state index contributed by atoms with van der Waals surface area (Å²) in [7, 11) is 3.84. The van der Waals surface area contributed by atoms with Gasteiger partial charge in [-0.1, -0.05) is 0 Å². The van der Waals surface area contributed by atoms with E-state index in [4.69, 9.17) is 5.11 Å². The van der Waals surface area contributed by atoms with Crippen LogP contribution in [0.1, 0.15) is 22.9 Å². The van der Waals surface area contributed by atoms with Crippen LogP contribution in [-0.2, 0) is 11.2 Å². The monoisotopic (exact) mass is 212 g/mol. The van der Waals surface area contributed by atoms with E-state index < -0.39 is 5.97 Å². The topological polar surface area (TPSA) is 53.4 Å². The van der Waals surface area contributed by atoms with Gasteiger partial charge in [0.15, 0.2) is 5.13 Å². The predicted molar refractivity (Wildman–Crippen MR) is 55.1 cm³/mol. The zero-order valence-corrected chi connectivity index (χ0v) is 8.97. The summed E-state index contributed by atoms with van der Waals surface area (Å²) >= 11 is 1.60. The van der Waals surface area contributed by atoms with Crippen molar-refractivity contribution < 1.29 is 9.90 Å². The molecule has 14 heavy (non-hydrogen) atoms. The van der Waals surface area contributed by atoms with Gasteiger partial charge in [-0.25, -0.2) is 4.98 Å². The Labute approximate surface area is 86.2 Å². The summed E-state index contributed by atoms with van der Waals surface area (Å²) < 4.78 is 0. The third kappa shape index (κ3) is 1.37. The molecule has 1 atom stereocenters. The average molecular weight is 212 g/mol. The van der Waals surface area contributed by atoms with Crippen LogP contribution in [0.15, 0.2) is 0 Å². The fourth-order valence-corrected chi connectivity index (χ4v) is 2.71. The normalized spacial score (nSPS) is 19.4. The summed E-state index contributed by atoms with van der Waals surface area (Å²) in [6.07, 6.45) is 1.56. The molecule has 1 aliphatic carbocycles. The third-order valence-corrected chi connectivity index (χ3v) is 3.69. The molecule has 1 N–H and O–H groups in total. The maximum Gasteiger partial charge on any atom is 0.312 e. The first-order valence-electron chi connectivity index (χ1n) is 4.49. The van der Waals surface area contributed by atoms with Gasteiger partial charge in [0.05, 0.1) is 5.69 Å². The van der Waals surface area contributed by atoms with Gasteiger partial charge < -0.3 is 10.0 Å². The van der Waals surface area contributed by atoms with Crippen LogP contribution in [0.3, 0.4) is 0 Å². The molecule has 0 bridgehead atoms. The van der Waals surface area contributed by atoms with Crippen LogP contribution in [0, 0.1) is 0 Å². The van der Waals surface area contributed by atoms with Gasteiger partial charge in [0, 0.05) is 19.0 Å². The number of hydrogen-bond acceptors (Lipinski definition) is 4. The fourth-order valence-electron chi connectivity index (χ4n) is 1.65. The number of fused-ring (bicyclic) bond motifs is 1. The van der Waals surface area contributed by atoms with E-state index >= 15 is 0 Å². The molecule has 1 unspecified atom stereocenters. The number of aryl methyl sites for hydroxylation is 1. The first kappa shape index (κ1) is 9.45. The Hall–Kier alpha value is -1.10. The SMILES string of the molecule is CN(C)c1nc2c(s1)CCC2C(=O)O. The highest BCUT2D eigenvalue weighted by Crippen LogP contribution is 2.38. The maximum absolute atomic E-state index is 10.9. The molecule has 1 aromatic rings. The van der Waals surface area contributed by atoms with Crippen molar-refractivity contribution in [2.24, 2.45) is 0 Å². The number of carbonyl (C=O) groups is 1. The van der Waals surface area contributed by atoms with E-state index in [2.05, 4.69) is 4.98 Å². The molecule has 2 rings (SSSR count). The Morgan fingerprint density at radius 1 is 1.64 bits per heavy atom. The van der Waals surface area contributed by atoms with E-state index in [1.54, 1.807) is 11.3 Å². The molecule has 0 aromatic carbocycles. The molecule has 76 valence electrons. The van der Waals surface area contributed by atoms with Crippen LogP contribution in [0.5, 0.6) is 0 Å². The van der Waals surface area contributed by atoms with Crippen LogP contribution >= 0.6 is 11.3 Å². The molecule has 0 radical (unpaired) electrons. The largest absolute Gasteiger partial charge is 0.481 e. The Balaban J connectivity index is 2.35. The number of anilines is 1. The quantitative estimate of drug-likeness (QED) is 0.803. The molecular formula is C9H12N2O2S. The van der Waals surface area contributed by atoms with Gasteiger partial charge in [-0.3, -0.25) is 4.79 Å². The van der Waals surface area contributed by atoms with Gasteiger partial charge in [-0.15, -0.1) is 11.3 Å². The molecule has 5 heteroatoms. The van der Waals surface area contributed by atoms with Crippen molar-refractivity contribution in [1.82, 2.24) is 4.98 Å². The molecule has 1 aliphatic rings. The van der Waals surface area contributed by atoms with Gasteiger partial charge in [-0.05, 0) is 12.8 Å². The van der Waals surface area contributed by atoms with Crippen LogP contribution in [0.25, 0.3) is 0 Å². The van der Waals surface area contributed by atoms with Crippen molar-refractivity contribution >= 4 is 22.4 Å². The molecule has 0 amide bonds. The van der Waals surface area contributed by atoms with Crippen molar-refractivity contribution in [2.45, 2.75) is 18.8 Å². The van der Waals surface area contributed by atoms with E-state index in [9.17, 15) is 4.79 Å². The molecule has 1 aromatic heterocycles. The number of carboxylic acid groups (broad SMARTS) is 1. The van der Waals surface area contributed by atoms with E-state index in [-0.39, 0.29) is 5.92 Å². The van der Waals surface area contributed by atoms with Crippen LogP contribution in [0.4, 0.5) is 5.13 Å². The third-order valence-electron chi connectivity index (χ3n) is 2.39. The van der Waals surface area contributed by atoms with Crippen molar-refractivity contribution in [2.75, 3.05) is 19.0 Å². The zero-order chi connectivity index (χ0) is 10.3. The lowest BCUT2D eigenvalue weighted by Gasteiger charge is -2.07. The van der Waals surface area contributed by atoms with Gasteiger partial charge >= 0.3 is 5.97 Å². The maximum atomic E-state index is 10.9. The highest BCUT2D eigenvalue weighted by Gasteiger charge is 2.32. The lowest BCUT2D eigenvalue weighted by Crippen LogP contribution is -2.11. The van der Waals surface area contributed by atoms with E-state index in [0.717, 1.165) is 22.1 Å². The number of carboxylic acids is 1. The van der Waals surface area contributed by atoms with Crippen molar-refractivity contribution in [3.05, 3.63) is 10.6 Å². The molecule has 0 fully saturated rings. The second kappa shape index (κ2) is 3.24. The first-order valence-corrected chi connectivity index (χ1v) is 5.31. The van der Waals surface area contributed by atoms with Gasteiger partial charge in [0.25, 0.3) is 0 Å². The summed E-state index contributed by atoms with van der Waals surface area (Å²) in [5.74, 6) is -1.13. The average Bonchev–Trinajstić information content (AvgIpc) is 2.58. The van der Waals surface area contributed by atoms with Crippen LogP contribution < -0.4 is 4.90 Å². The second-order valence-corrected chi connectivity index (χ2v) is 4.69. The minimum absolute atomic E-state index is 0.380. The standard InChI is InChI=1S/C9H12N2O2S/c1-11(2)9-10-7-5(8(12)13)3-4-6(7)14-9/h5H,3-4H2,1-2H3,(H,12,13). The second-order valence-electron chi connectivity index (χ2n) is 3.63. The van der Waals surface area contributed by atoms with E-state index in [0.29, 0.717) is 6.42 Å². The molecule has 1 heterocycles. The highest BCUT2D eigenvalue weighted by molar-refractivity contribution is 7.15. The van der Waals surface area contributed by atoms with Crippen molar-refractivity contribution in [3.63, 3.8) is 0 Å². The Morgan fingerprint density at radius 2 is 2.36 bits per heavy atom. The van der Waals surface area contributed by atoms with Gasteiger partial charge in [0.1, 0.15) is 5.92 Å². The Bertz CT molecular complexity index is 373. The summed E-state index contributed by atoms with van der Waals surface area (Å²) in [6, 6.07) is 0. The number of rotatable bonds is 2. The molecule has 0 saturated heterocycles. The van der Waals surface area contributed by atoms with E-state index in [1.165, 1.54) is 0 Å². The number of nitrogens with zero attached hydrogens (tertiary/aromatic N) is 2. The number of aliphatic carboxylic acids is 1. The lowest BCUT2D eigenvalue weighted by molar-refractivity contribution is -0.138. The Kier molecular flexibility index (Phi) is 2.19. The molecule has 0 saturated carbocycles. The van der Waals surface area contributed by atoms with E-state index in [1.807, 2.05) is 19.0 Å². The fraction of sp³-hybridized carbons (Fsp3) is 0.556. The minimum Gasteiger partial charge on any atom is -0.481 e. The Morgan fingerprint density at radius 3 is 2.93 bits per heavy atom. The summed E-state index contributed by atoms with van der Waals surface area (Å²) in [4.78, 5) is 18.3. The smallest absolute Gasteiger partial charge is 0.312 e. The number of hydrogen-bond donors (Lipinski definition) is 1. The highest BCUT2D eigenvalue weighted by atomic mass is 32.1. The molecule has 4 nitrogen and oxygen atoms in total. The predicted octanol–water partition coefficient (Wildman–Crippen LogP) is 1.32. The van der Waals surface area contributed by atoms with Crippen molar-refractivity contribution in [3.8, 4) is 0 Å². The first-order chi connectivity index (χ1) is 6.59. The van der Waals surface area contributed by atoms with Gasteiger partial charge in [0.2, 0.25) is 0 Å². The number of thiazole rings is 1. The molecule has 0 aliphatic heterocycles. The summed E-state index contributed by atoms with van der Waals surface area (Å²) in [6.45, 7) is 0. The molecule has 0 spiro atoms. The van der Waals surface area contributed by atoms with Crippen LogP contribution in [-0.4, -0.2) is 30.2 Å². The summed E-state index contributed by atoms with van der Waals surface area (Å²) in [5, 5.41) is 9.86. The zero-order valence-electron chi connectivity index (χ0n) is 8.15. The number of aromatic nitrogens is 1. The molecular weight excluding hydrogens is 200 g/mol. The van der Waals surface area contributed by atoms with Crippen LogP contribution in [0.2, 0.25) is 0 Å². The summed E-state index contributed by atoms with van der Waals surface area (Å²) in [5.41, 5.74) is 0.784. The van der Waals surface area contributed by atoms with Crippen molar-refractivity contribution in [1.29, 1.82) is 0 Å². The minimum atomic E-state index is -0.751.